The fourth-order valence-electron chi connectivity index (χ4n) is 3.66. The van der Waals surface area contributed by atoms with Crippen molar-refractivity contribution in [3.8, 4) is 0 Å². The quantitative estimate of drug-likeness (QED) is 0.865. The van der Waals surface area contributed by atoms with E-state index in [-0.39, 0.29) is 16.5 Å². The van der Waals surface area contributed by atoms with Gasteiger partial charge in [-0.15, -0.1) is 0 Å². The van der Waals surface area contributed by atoms with Crippen LogP contribution in [0.25, 0.3) is 0 Å². The lowest BCUT2D eigenvalue weighted by atomic mass is 9.92. The van der Waals surface area contributed by atoms with Crippen molar-refractivity contribution < 1.29 is 4.79 Å². The molecule has 2 aliphatic heterocycles. The first-order chi connectivity index (χ1) is 12.1. The highest BCUT2D eigenvalue weighted by Crippen LogP contribution is 2.28. The van der Waals surface area contributed by atoms with Crippen LogP contribution in [0.2, 0.25) is 5.02 Å². The molecule has 0 atom stereocenters. The first kappa shape index (κ1) is 18.2. The van der Waals surface area contributed by atoms with Gasteiger partial charge in [-0.1, -0.05) is 18.5 Å². The van der Waals surface area contributed by atoms with E-state index in [4.69, 9.17) is 11.6 Å². The van der Waals surface area contributed by atoms with Crippen LogP contribution < -0.4 is 10.5 Å². The van der Waals surface area contributed by atoms with E-state index in [1.807, 2.05) is 4.90 Å². The predicted molar refractivity (Wildman–Crippen MR) is 98.1 cm³/mol. The molecule has 0 bridgehead atoms. The highest BCUT2D eigenvalue weighted by Gasteiger charge is 2.26. The normalized spacial score (nSPS) is 20.1. The van der Waals surface area contributed by atoms with Crippen LogP contribution in [0.1, 0.15) is 26.2 Å². The Bertz CT molecular complexity index is 649. The fourth-order valence-corrected chi connectivity index (χ4v) is 3.87. The molecule has 0 spiro atoms. The van der Waals surface area contributed by atoms with E-state index >= 15 is 0 Å². The Morgan fingerprint density at radius 1 is 1.24 bits per heavy atom. The number of carbonyl (C=O) groups excluding carboxylic acids is 1. The second-order valence-corrected chi connectivity index (χ2v) is 7.23. The van der Waals surface area contributed by atoms with E-state index in [2.05, 4.69) is 26.9 Å². The van der Waals surface area contributed by atoms with Crippen LogP contribution in [0, 0.1) is 5.92 Å². The summed E-state index contributed by atoms with van der Waals surface area (Å²) in [6.07, 6.45) is 4.09. The number of rotatable bonds is 4. The van der Waals surface area contributed by atoms with Gasteiger partial charge in [0.2, 0.25) is 5.91 Å². The number of halogens is 1. The Morgan fingerprint density at radius 3 is 2.56 bits per heavy atom. The number of nitrogens with one attached hydrogen (secondary N) is 1. The lowest BCUT2D eigenvalue weighted by molar-refractivity contribution is -0.134. The summed E-state index contributed by atoms with van der Waals surface area (Å²) in [4.78, 5) is 30.6. The number of carbonyl (C=O) groups is 1. The van der Waals surface area contributed by atoms with Crippen molar-refractivity contribution in [1.82, 2.24) is 20.0 Å². The number of likely N-dealkylation sites (N-methyl/N-ethyl adjacent to an activating group) is 1. The number of piperazine rings is 1. The molecule has 1 aromatic heterocycles. The van der Waals surface area contributed by atoms with E-state index in [1.54, 1.807) is 6.20 Å². The zero-order chi connectivity index (χ0) is 17.8. The number of nitrogens with zero attached hydrogens (tertiary/aromatic N) is 4. The molecule has 1 aromatic rings. The molecule has 3 heterocycles. The van der Waals surface area contributed by atoms with Crippen molar-refractivity contribution in [3.05, 3.63) is 21.6 Å². The summed E-state index contributed by atoms with van der Waals surface area (Å²) < 4.78 is 0. The van der Waals surface area contributed by atoms with Gasteiger partial charge in [0, 0.05) is 45.7 Å². The molecule has 0 saturated carbocycles. The average molecular weight is 368 g/mol. The Balaban J connectivity index is 1.49. The van der Waals surface area contributed by atoms with Gasteiger partial charge in [0.05, 0.1) is 11.9 Å². The highest BCUT2D eigenvalue weighted by atomic mass is 35.5. The van der Waals surface area contributed by atoms with Crippen molar-refractivity contribution in [3.63, 3.8) is 0 Å². The van der Waals surface area contributed by atoms with Crippen LogP contribution in [0.15, 0.2) is 11.0 Å². The minimum atomic E-state index is -0.359. The number of aromatic nitrogens is 2. The maximum Gasteiger partial charge on any atom is 0.285 e. The SMILES string of the molecule is CCN1CCN(C(=O)CC2CCN(c3cn[nH]c(=O)c3Cl)CC2)CC1. The van der Waals surface area contributed by atoms with Gasteiger partial charge in [-0.2, -0.15) is 5.10 Å². The summed E-state index contributed by atoms with van der Waals surface area (Å²) in [5.41, 5.74) is 0.327. The molecule has 25 heavy (non-hydrogen) atoms. The van der Waals surface area contributed by atoms with Gasteiger partial charge in [-0.05, 0) is 25.3 Å². The number of amides is 1. The number of aromatic amines is 1. The van der Waals surface area contributed by atoms with Gasteiger partial charge < -0.3 is 14.7 Å². The molecular formula is C17H26ClN5O2. The molecule has 0 aliphatic carbocycles. The van der Waals surface area contributed by atoms with E-state index in [1.165, 1.54) is 0 Å². The first-order valence-electron chi connectivity index (χ1n) is 9.06. The maximum atomic E-state index is 12.5. The average Bonchev–Trinajstić information content (AvgIpc) is 2.65. The molecule has 2 saturated heterocycles. The van der Waals surface area contributed by atoms with E-state index in [0.717, 1.165) is 58.7 Å². The summed E-state index contributed by atoms with van der Waals surface area (Å²) in [5.74, 6) is 0.687. The lowest BCUT2D eigenvalue weighted by Gasteiger charge is -2.36. The highest BCUT2D eigenvalue weighted by molar-refractivity contribution is 6.32. The van der Waals surface area contributed by atoms with Gasteiger partial charge in [0.1, 0.15) is 5.02 Å². The van der Waals surface area contributed by atoms with Gasteiger partial charge in [0.25, 0.3) is 5.56 Å². The Kier molecular flexibility index (Phi) is 5.96. The Labute approximate surface area is 152 Å². The zero-order valence-electron chi connectivity index (χ0n) is 14.7. The molecular weight excluding hydrogens is 342 g/mol. The third kappa shape index (κ3) is 4.33. The molecule has 0 radical (unpaired) electrons. The number of hydrogen-bond donors (Lipinski definition) is 1. The van der Waals surface area contributed by atoms with Crippen molar-refractivity contribution in [2.24, 2.45) is 5.92 Å². The summed E-state index contributed by atoms with van der Waals surface area (Å²) >= 11 is 6.08. The van der Waals surface area contributed by atoms with Crippen LogP contribution in [-0.4, -0.2) is 71.7 Å². The topological polar surface area (TPSA) is 72.5 Å². The summed E-state index contributed by atoms with van der Waals surface area (Å²) in [6.45, 7) is 8.47. The number of anilines is 1. The number of piperidine rings is 1. The van der Waals surface area contributed by atoms with E-state index < -0.39 is 0 Å². The smallest absolute Gasteiger partial charge is 0.285 e. The largest absolute Gasteiger partial charge is 0.369 e. The summed E-state index contributed by atoms with van der Waals surface area (Å²) in [6, 6.07) is 0. The molecule has 2 fully saturated rings. The summed E-state index contributed by atoms with van der Waals surface area (Å²) in [7, 11) is 0. The molecule has 1 amide bonds. The molecule has 0 unspecified atom stereocenters. The predicted octanol–water partition coefficient (Wildman–Crippen LogP) is 1.19. The third-order valence-electron chi connectivity index (χ3n) is 5.37. The monoisotopic (exact) mass is 367 g/mol. The number of hydrogen-bond acceptors (Lipinski definition) is 5. The first-order valence-corrected chi connectivity index (χ1v) is 9.44. The minimum absolute atomic E-state index is 0.193. The van der Waals surface area contributed by atoms with Crippen LogP contribution in [-0.2, 0) is 4.79 Å². The maximum absolute atomic E-state index is 12.5. The van der Waals surface area contributed by atoms with Crippen LogP contribution in [0.4, 0.5) is 5.69 Å². The minimum Gasteiger partial charge on any atom is -0.369 e. The van der Waals surface area contributed by atoms with E-state index in [9.17, 15) is 9.59 Å². The van der Waals surface area contributed by atoms with E-state index in [0.29, 0.717) is 18.0 Å². The lowest BCUT2D eigenvalue weighted by Crippen LogP contribution is -2.49. The molecule has 2 aliphatic rings. The van der Waals surface area contributed by atoms with Crippen LogP contribution in [0.5, 0.6) is 0 Å². The van der Waals surface area contributed by atoms with Gasteiger partial charge >= 0.3 is 0 Å². The van der Waals surface area contributed by atoms with Gasteiger partial charge in [0.15, 0.2) is 0 Å². The molecule has 1 N–H and O–H groups in total. The standard InChI is InChI=1S/C17H26ClN5O2/c1-2-21-7-9-23(10-8-21)15(24)11-13-3-5-22(6-4-13)14-12-19-20-17(25)16(14)18/h12-13H,2-11H2,1H3,(H,20,25). The Morgan fingerprint density at radius 2 is 1.92 bits per heavy atom. The van der Waals surface area contributed by atoms with Crippen molar-refractivity contribution in [2.45, 2.75) is 26.2 Å². The van der Waals surface area contributed by atoms with Crippen molar-refractivity contribution in [1.29, 1.82) is 0 Å². The van der Waals surface area contributed by atoms with Crippen molar-refractivity contribution >= 4 is 23.2 Å². The zero-order valence-corrected chi connectivity index (χ0v) is 15.5. The van der Waals surface area contributed by atoms with Crippen LogP contribution >= 0.6 is 11.6 Å². The second kappa shape index (κ2) is 8.19. The molecule has 0 aromatic carbocycles. The molecule has 7 nitrogen and oxygen atoms in total. The number of H-pyrrole nitrogens is 1. The van der Waals surface area contributed by atoms with Crippen LogP contribution in [0.3, 0.4) is 0 Å². The fraction of sp³-hybridized carbons (Fsp3) is 0.706. The molecule has 3 rings (SSSR count). The summed E-state index contributed by atoms with van der Waals surface area (Å²) in [5, 5.41) is 6.37. The Hall–Kier alpha value is -1.60. The second-order valence-electron chi connectivity index (χ2n) is 6.85. The van der Waals surface area contributed by atoms with Crippen molar-refractivity contribution in [2.75, 3.05) is 50.7 Å². The third-order valence-corrected chi connectivity index (χ3v) is 5.73. The van der Waals surface area contributed by atoms with Gasteiger partial charge in [-0.25, -0.2) is 5.10 Å². The molecule has 8 heteroatoms. The van der Waals surface area contributed by atoms with Gasteiger partial charge in [-0.3, -0.25) is 9.59 Å². The molecule has 138 valence electrons.